The largest absolute Gasteiger partial charge is 0.394 e. The predicted octanol–water partition coefficient (Wildman–Crippen LogP) is -0.442. The summed E-state index contributed by atoms with van der Waals surface area (Å²) in [5.74, 6) is -3.06. The molecule has 3 fully saturated rings. The van der Waals surface area contributed by atoms with E-state index in [9.17, 15) is 62.8 Å². The number of amides is 1. The number of ether oxygens (including phenoxy) is 3. The first kappa shape index (κ1) is 41.9. The number of carbonyl (C=O) groups is 1. The summed E-state index contributed by atoms with van der Waals surface area (Å²) < 4.78 is 75.1. The summed E-state index contributed by atoms with van der Waals surface area (Å²) in [6, 6.07) is 15.7. The summed E-state index contributed by atoms with van der Waals surface area (Å²) in [7, 11) is -4.57. The number of carbonyl (C=O) groups excluding carboxylic acids is 1. The molecule has 13 atom stereocenters. The van der Waals surface area contributed by atoms with Crippen molar-refractivity contribution >= 4 is 21.7 Å². The topological polar surface area (TPSA) is 253 Å². The first-order valence-corrected chi connectivity index (χ1v) is 19.3. The number of rotatable bonds is 14. The fraction of sp³-hybridized carbons (Fsp3) is 0.486. The standard InChI is InChI=1S/C37H43F2NO15S/c38-20-5-1-18(2-6-20)25(43)14-13-24-29(40(36(24)49)22-9-7-21(39)8-10-22)19-3-11-23(12-4-19)55-56(50,51)17-28-31(45)33(47)35(27(16-42)52-28)54-37-34(48)32(46)30(44)26(15-41)53-37/h1-12,24-35,37,41-48H,13-17H2/t24?,25?,26-,27+,28?,29?,30-,31+,32+,33-,34-,35-,37-/m1/s1. The Balaban J connectivity index is 1.12. The van der Waals surface area contributed by atoms with E-state index in [1.165, 1.54) is 77.7 Å². The lowest BCUT2D eigenvalue weighted by atomic mass is 9.78. The van der Waals surface area contributed by atoms with Crippen LogP contribution in [0.3, 0.4) is 0 Å². The van der Waals surface area contributed by atoms with Gasteiger partial charge < -0.3 is 64.1 Å². The lowest BCUT2D eigenvalue weighted by molar-refractivity contribution is -0.341. The van der Waals surface area contributed by atoms with Gasteiger partial charge in [0.15, 0.2) is 6.29 Å². The average molecular weight is 812 g/mol. The molecule has 6 rings (SSSR count). The quantitative estimate of drug-likeness (QED) is 0.0759. The molecule has 1 amide bonds. The Kier molecular flexibility index (Phi) is 13.0. The van der Waals surface area contributed by atoms with Crippen molar-refractivity contribution in [2.75, 3.05) is 23.9 Å². The van der Waals surface area contributed by atoms with Crippen LogP contribution < -0.4 is 9.08 Å². The first-order chi connectivity index (χ1) is 26.6. The lowest BCUT2D eigenvalue weighted by Crippen LogP contribution is -2.65. The van der Waals surface area contributed by atoms with Gasteiger partial charge in [0.25, 0.3) is 0 Å². The van der Waals surface area contributed by atoms with Crippen LogP contribution in [0.4, 0.5) is 14.5 Å². The number of anilines is 1. The highest BCUT2D eigenvalue weighted by molar-refractivity contribution is 7.87. The van der Waals surface area contributed by atoms with E-state index in [2.05, 4.69) is 0 Å². The van der Waals surface area contributed by atoms with Crippen molar-refractivity contribution in [3.63, 3.8) is 0 Å². The highest BCUT2D eigenvalue weighted by atomic mass is 32.2. The van der Waals surface area contributed by atoms with Crippen molar-refractivity contribution in [3.05, 3.63) is 95.6 Å². The highest BCUT2D eigenvalue weighted by Crippen LogP contribution is 2.46. The third kappa shape index (κ3) is 8.89. The molecule has 306 valence electrons. The lowest BCUT2D eigenvalue weighted by Gasteiger charge is -2.48. The molecule has 3 aliphatic rings. The zero-order chi connectivity index (χ0) is 40.5. The van der Waals surface area contributed by atoms with Gasteiger partial charge in [-0.1, -0.05) is 24.3 Å². The molecule has 0 radical (unpaired) electrons. The number of nitrogens with zero attached hydrogens (tertiary/aromatic N) is 1. The molecular weight excluding hydrogens is 768 g/mol. The number of hydrogen-bond donors (Lipinski definition) is 8. The van der Waals surface area contributed by atoms with Gasteiger partial charge in [0.1, 0.15) is 78.1 Å². The summed E-state index contributed by atoms with van der Waals surface area (Å²) in [5, 5.41) is 82.3. The van der Waals surface area contributed by atoms with Crippen LogP contribution in [0.1, 0.15) is 36.1 Å². The number of aliphatic hydroxyl groups is 8. The van der Waals surface area contributed by atoms with Gasteiger partial charge in [0.2, 0.25) is 5.91 Å². The van der Waals surface area contributed by atoms with Crippen LogP contribution in [0.5, 0.6) is 5.75 Å². The summed E-state index contributed by atoms with van der Waals surface area (Å²) >= 11 is 0. The van der Waals surface area contributed by atoms with E-state index in [1.54, 1.807) is 0 Å². The highest BCUT2D eigenvalue weighted by Gasteiger charge is 2.52. The normalized spacial score (nSPS) is 32.8. The second-order valence-electron chi connectivity index (χ2n) is 13.9. The van der Waals surface area contributed by atoms with E-state index in [-0.39, 0.29) is 24.5 Å². The fourth-order valence-corrected chi connectivity index (χ4v) is 8.35. The Hall–Kier alpha value is -3.70. The van der Waals surface area contributed by atoms with Gasteiger partial charge in [0.05, 0.1) is 31.3 Å². The predicted molar refractivity (Wildman–Crippen MR) is 188 cm³/mol. The summed E-state index contributed by atoms with van der Waals surface area (Å²) in [6.07, 6.45) is -17.8. The Bertz CT molecular complexity index is 1890. The van der Waals surface area contributed by atoms with Crippen LogP contribution in [0, 0.1) is 17.6 Å². The Morgan fingerprint density at radius 3 is 1.93 bits per heavy atom. The van der Waals surface area contributed by atoms with Gasteiger partial charge in [-0.2, -0.15) is 8.42 Å². The van der Waals surface area contributed by atoms with Crippen LogP contribution >= 0.6 is 0 Å². The van der Waals surface area contributed by atoms with E-state index in [0.29, 0.717) is 16.8 Å². The molecule has 3 aromatic carbocycles. The molecule has 3 aromatic rings. The molecule has 0 aliphatic carbocycles. The monoisotopic (exact) mass is 811 g/mol. The fourth-order valence-electron chi connectivity index (χ4n) is 7.20. The molecular formula is C37H43F2NO15S. The molecule has 16 nitrogen and oxygen atoms in total. The molecule has 3 heterocycles. The third-order valence-electron chi connectivity index (χ3n) is 10.2. The summed E-state index contributed by atoms with van der Waals surface area (Å²) in [6.45, 7) is -1.64. The molecule has 0 bridgehead atoms. The molecule has 19 heteroatoms. The number of benzene rings is 3. The molecule has 4 unspecified atom stereocenters. The first-order valence-electron chi connectivity index (χ1n) is 17.7. The minimum atomic E-state index is -4.57. The van der Waals surface area contributed by atoms with Crippen LogP contribution in [0.2, 0.25) is 0 Å². The molecule has 0 saturated carbocycles. The Morgan fingerprint density at radius 1 is 0.732 bits per heavy atom. The van der Waals surface area contributed by atoms with Gasteiger partial charge in [-0.15, -0.1) is 0 Å². The second kappa shape index (κ2) is 17.4. The smallest absolute Gasteiger partial charge is 0.311 e. The van der Waals surface area contributed by atoms with Crippen LogP contribution in [-0.2, 0) is 29.1 Å². The van der Waals surface area contributed by atoms with Crippen molar-refractivity contribution in [1.82, 2.24) is 0 Å². The van der Waals surface area contributed by atoms with Crippen LogP contribution in [0.15, 0.2) is 72.8 Å². The number of aliphatic hydroxyl groups excluding tert-OH is 8. The summed E-state index contributed by atoms with van der Waals surface area (Å²) in [5.41, 5.74) is 1.45. The van der Waals surface area contributed by atoms with Crippen molar-refractivity contribution in [2.24, 2.45) is 5.92 Å². The van der Waals surface area contributed by atoms with Crippen molar-refractivity contribution in [1.29, 1.82) is 0 Å². The van der Waals surface area contributed by atoms with E-state index >= 15 is 0 Å². The van der Waals surface area contributed by atoms with E-state index < -0.39 is 120 Å². The van der Waals surface area contributed by atoms with Crippen LogP contribution in [-0.4, -0.2) is 135 Å². The SMILES string of the molecule is O=C1C(CCC(O)c2ccc(F)cc2)C(c2ccc(OS(=O)(=O)CC3O[C@@H](CO)[C@@H](O[C@H]4O[C@H](CO)[C@@H](O)[C@H](O)[C@H]4O)[C@H](O)[C@H]3O)cc2)N1c1ccc(F)cc1. The molecule has 3 saturated heterocycles. The zero-order valence-electron chi connectivity index (χ0n) is 29.5. The molecule has 56 heavy (non-hydrogen) atoms. The van der Waals surface area contributed by atoms with Crippen molar-refractivity contribution in [3.8, 4) is 5.75 Å². The van der Waals surface area contributed by atoms with Gasteiger partial charge in [-0.05, 0) is 72.5 Å². The van der Waals surface area contributed by atoms with Crippen molar-refractivity contribution < 1.29 is 81.2 Å². The zero-order valence-corrected chi connectivity index (χ0v) is 30.3. The molecule has 0 aromatic heterocycles. The number of β-lactam (4-membered cyclic amide) rings is 1. The van der Waals surface area contributed by atoms with E-state index in [0.717, 1.165) is 0 Å². The molecule has 3 aliphatic heterocycles. The van der Waals surface area contributed by atoms with Gasteiger partial charge >= 0.3 is 10.1 Å². The number of hydrogen-bond acceptors (Lipinski definition) is 15. The maximum absolute atomic E-state index is 13.7. The van der Waals surface area contributed by atoms with E-state index in [1.807, 2.05) is 0 Å². The minimum Gasteiger partial charge on any atom is -0.394 e. The second-order valence-corrected chi connectivity index (χ2v) is 15.5. The van der Waals surface area contributed by atoms with Gasteiger partial charge in [-0.25, -0.2) is 8.78 Å². The minimum absolute atomic E-state index is 0.163. The molecule has 0 spiro atoms. The Labute approximate surface area is 319 Å². The number of halogens is 2. The maximum Gasteiger partial charge on any atom is 0.311 e. The maximum atomic E-state index is 13.7. The van der Waals surface area contributed by atoms with Crippen LogP contribution in [0.25, 0.3) is 0 Å². The molecule has 8 N–H and O–H groups in total. The third-order valence-corrected chi connectivity index (χ3v) is 11.4. The van der Waals surface area contributed by atoms with E-state index in [4.69, 9.17) is 18.4 Å². The summed E-state index contributed by atoms with van der Waals surface area (Å²) in [4.78, 5) is 14.9. The van der Waals surface area contributed by atoms with Crippen molar-refractivity contribution in [2.45, 2.75) is 86.2 Å². The van der Waals surface area contributed by atoms with Gasteiger partial charge in [-0.3, -0.25) is 4.79 Å². The Morgan fingerprint density at radius 2 is 1.32 bits per heavy atom. The van der Waals surface area contributed by atoms with Gasteiger partial charge in [0, 0.05) is 5.69 Å². The average Bonchev–Trinajstić information content (AvgIpc) is 3.17.